The Labute approximate surface area is 107 Å². The topological polar surface area (TPSA) is 50.9 Å². The number of piperidine rings is 1. The molecule has 1 aliphatic rings. The van der Waals surface area contributed by atoms with E-state index < -0.39 is 0 Å². The van der Waals surface area contributed by atoms with Gasteiger partial charge in [0.25, 0.3) is 0 Å². The van der Waals surface area contributed by atoms with Crippen molar-refractivity contribution in [3.8, 4) is 0 Å². The number of nitrogens with zero attached hydrogens (tertiary/aromatic N) is 1. The maximum absolute atomic E-state index is 6.41. The molecule has 18 heavy (non-hydrogen) atoms. The highest BCUT2D eigenvalue weighted by Crippen LogP contribution is 2.27. The van der Waals surface area contributed by atoms with Gasteiger partial charge < -0.3 is 11.1 Å². The molecule has 1 aromatic carbocycles. The van der Waals surface area contributed by atoms with Crippen molar-refractivity contribution in [2.24, 2.45) is 11.7 Å². The normalized spacial score (nSPS) is 21.9. The van der Waals surface area contributed by atoms with Gasteiger partial charge in [-0.05, 0) is 54.9 Å². The average molecular weight is 241 g/mol. The van der Waals surface area contributed by atoms with Crippen molar-refractivity contribution < 1.29 is 0 Å². The second-order valence-electron chi connectivity index (χ2n) is 5.11. The molecule has 0 radical (unpaired) electrons. The Bertz CT molecular complexity index is 532. The first-order valence-electron chi connectivity index (χ1n) is 6.64. The van der Waals surface area contributed by atoms with Gasteiger partial charge in [0, 0.05) is 23.8 Å². The van der Waals surface area contributed by atoms with Crippen LogP contribution in [0.2, 0.25) is 0 Å². The van der Waals surface area contributed by atoms with E-state index in [4.69, 9.17) is 5.73 Å². The number of nitrogens with one attached hydrogen (secondary N) is 1. The Hall–Kier alpha value is -1.45. The lowest BCUT2D eigenvalue weighted by atomic mass is 9.87. The van der Waals surface area contributed by atoms with Crippen molar-refractivity contribution in [1.82, 2.24) is 10.3 Å². The number of benzene rings is 1. The summed E-state index contributed by atoms with van der Waals surface area (Å²) >= 11 is 0. The fraction of sp³-hybridized carbons (Fsp3) is 0.400. The lowest BCUT2D eigenvalue weighted by Gasteiger charge is -2.28. The lowest BCUT2D eigenvalue weighted by Crippen LogP contribution is -2.36. The molecular formula is C15H19N3. The van der Waals surface area contributed by atoms with E-state index in [2.05, 4.69) is 28.5 Å². The van der Waals surface area contributed by atoms with Crippen LogP contribution in [0.15, 0.2) is 36.7 Å². The molecule has 3 rings (SSSR count). The van der Waals surface area contributed by atoms with Gasteiger partial charge in [-0.15, -0.1) is 0 Å². The minimum absolute atomic E-state index is 0.135. The molecule has 2 aromatic rings. The van der Waals surface area contributed by atoms with Gasteiger partial charge in [0.1, 0.15) is 0 Å². The number of fused-ring (bicyclic) bond motifs is 1. The second kappa shape index (κ2) is 5.04. The van der Waals surface area contributed by atoms with Crippen LogP contribution in [0, 0.1) is 5.92 Å². The predicted molar refractivity (Wildman–Crippen MR) is 74.3 cm³/mol. The predicted octanol–water partition coefficient (Wildman–Crippen LogP) is 2.23. The zero-order chi connectivity index (χ0) is 12.4. The summed E-state index contributed by atoms with van der Waals surface area (Å²) in [4.78, 5) is 4.14. The minimum Gasteiger partial charge on any atom is -0.324 e. The summed E-state index contributed by atoms with van der Waals surface area (Å²) in [5.41, 5.74) is 7.64. The van der Waals surface area contributed by atoms with E-state index >= 15 is 0 Å². The summed E-state index contributed by atoms with van der Waals surface area (Å²) in [5, 5.41) is 5.83. The van der Waals surface area contributed by atoms with Crippen LogP contribution in [-0.4, -0.2) is 18.1 Å². The summed E-state index contributed by atoms with van der Waals surface area (Å²) < 4.78 is 0. The van der Waals surface area contributed by atoms with Gasteiger partial charge in [0.2, 0.25) is 0 Å². The van der Waals surface area contributed by atoms with Gasteiger partial charge >= 0.3 is 0 Å². The Balaban J connectivity index is 1.88. The summed E-state index contributed by atoms with van der Waals surface area (Å²) in [6.07, 6.45) is 6.19. The second-order valence-corrected chi connectivity index (χ2v) is 5.11. The lowest BCUT2D eigenvalue weighted by molar-refractivity contribution is 0.326. The number of nitrogens with two attached hydrogens (primary N) is 1. The van der Waals surface area contributed by atoms with Crippen molar-refractivity contribution >= 4 is 10.8 Å². The van der Waals surface area contributed by atoms with Gasteiger partial charge in [0.15, 0.2) is 0 Å². The minimum atomic E-state index is 0.135. The molecule has 1 saturated heterocycles. The van der Waals surface area contributed by atoms with Crippen molar-refractivity contribution in [2.45, 2.75) is 18.9 Å². The fourth-order valence-electron chi connectivity index (χ4n) is 2.77. The van der Waals surface area contributed by atoms with Gasteiger partial charge in [0.05, 0.1) is 0 Å². The van der Waals surface area contributed by atoms with Crippen LogP contribution in [0.5, 0.6) is 0 Å². The standard InChI is InChI=1S/C15H19N3/c16-15(14-2-1-6-17-10-14)12-3-4-13-9-18-7-5-11(13)8-12/h3-5,7-9,14-15,17H,1-2,6,10,16H2. The number of hydrogen-bond acceptors (Lipinski definition) is 3. The zero-order valence-corrected chi connectivity index (χ0v) is 10.5. The SMILES string of the molecule is NC(c1ccc2cnccc2c1)C1CCCNC1. The Morgan fingerprint density at radius 1 is 1.28 bits per heavy atom. The molecule has 1 aliphatic heterocycles. The van der Waals surface area contributed by atoms with Crippen LogP contribution in [0.3, 0.4) is 0 Å². The number of aromatic nitrogens is 1. The van der Waals surface area contributed by atoms with Crippen molar-refractivity contribution in [1.29, 1.82) is 0 Å². The third kappa shape index (κ3) is 2.24. The molecule has 0 saturated carbocycles. The molecule has 0 bridgehead atoms. The van der Waals surface area contributed by atoms with Gasteiger partial charge in [-0.3, -0.25) is 4.98 Å². The Kier molecular flexibility index (Phi) is 3.26. The van der Waals surface area contributed by atoms with E-state index in [1.807, 2.05) is 18.5 Å². The molecule has 2 heterocycles. The van der Waals surface area contributed by atoms with Gasteiger partial charge in [-0.2, -0.15) is 0 Å². The number of hydrogen-bond donors (Lipinski definition) is 2. The molecule has 3 heteroatoms. The van der Waals surface area contributed by atoms with Crippen LogP contribution in [-0.2, 0) is 0 Å². The third-order valence-electron chi connectivity index (χ3n) is 3.89. The quantitative estimate of drug-likeness (QED) is 0.847. The van der Waals surface area contributed by atoms with E-state index in [1.165, 1.54) is 29.2 Å². The summed E-state index contributed by atoms with van der Waals surface area (Å²) in [6.45, 7) is 2.17. The third-order valence-corrected chi connectivity index (χ3v) is 3.89. The molecule has 1 fully saturated rings. The molecule has 0 spiro atoms. The first-order valence-corrected chi connectivity index (χ1v) is 6.64. The fourth-order valence-corrected chi connectivity index (χ4v) is 2.77. The average Bonchev–Trinajstić information content (AvgIpc) is 2.47. The van der Waals surface area contributed by atoms with E-state index in [0.29, 0.717) is 5.92 Å². The summed E-state index contributed by atoms with van der Waals surface area (Å²) in [6, 6.07) is 8.65. The van der Waals surface area contributed by atoms with Gasteiger partial charge in [-0.1, -0.05) is 12.1 Å². The van der Waals surface area contributed by atoms with Crippen molar-refractivity contribution in [3.63, 3.8) is 0 Å². The largest absolute Gasteiger partial charge is 0.324 e. The molecule has 3 nitrogen and oxygen atoms in total. The van der Waals surface area contributed by atoms with E-state index in [0.717, 1.165) is 13.1 Å². The zero-order valence-electron chi connectivity index (χ0n) is 10.5. The Morgan fingerprint density at radius 2 is 2.22 bits per heavy atom. The van der Waals surface area contributed by atoms with E-state index in [-0.39, 0.29) is 6.04 Å². The molecule has 0 aliphatic carbocycles. The molecular weight excluding hydrogens is 222 g/mol. The molecule has 0 amide bonds. The number of pyridine rings is 1. The highest BCUT2D eigenvalue weighted by Gasteiger charge is 2.21. The summed E-state index contributed by atoms with van der Waals surface area (Å²) in [7, 11) is 0. The van der Waals surface area contributed by atoms with Crippen LogP contribution >= 0.6 is 0 Å². The summed E-state index contributed by atoms with van der Waals surface area (Å²) in [5.74, 6) is 0.554. The monoisotopic (exact) mass is 241 g/mol. The number of rotatable bonds is 2. The molecule has 2 atom stereocenters. The van der Waals surface area contributed by atoms with E-state index in [9.17, 15) is 0 Å². The van der Waals surface area contributed by atoms with Crippen LogP contribution in [0.25, 0.3) is 10.8 Å². The Morgan fingerprint density at radius 3 is 3.06 bits per heavy atom. The maximum atomic E-state index is 6.41. The first kappa shape index (κ1) is 11.6. The molecule has 3 N–H and O–H groups in total. The van der Waals surface area contributed by atoms with Gasteiger partial charge in [-0.25, -0.2) is 0 Å². The molecule has 2 unspecified atom stereocenters. The highest BCUT2D eigenvalue weighted by atomic mass is 14.9. The maximum Gasteiger partial charge on any atom is 0.0346 e. The van der Waals surface area contributed by atoms with Crippen molar-refractivity contribution in [3.05, 3.63) is 42.2 Å². The first-order chi connectivity index (χ1) is 8.84. The van der Waals surface area contributed by atoms with Crippen LogP contribution < -0.4 is 11.1 Å². The van der Waals surface area contributed by atoms with E-state index in [1.54, 1.807) is 0 Å². The van der Waals surface area contributed by atoms with Crippen LogP contribution in [0.1, 0.15) is 24.4 Å². The molecule has 94 valence electrons. The van der Waals surface area contributed by atoms with Crippen LogP contribution in [0.4, 0.5) is 0 Å². The van der Waals surface area contributed by atoms with Crippen molar-refractivity contribution in [2.75, 3.05) is 13.1 Å². The highest BCUT2D eigenvalue weighted by molar-refractivity contribution is 5.82. The molecule has 1 aromatic heterocycles. The smallest absolute Gasteiger partial charge is 0.0346 e.